The first kappa shape index (κ1) is 30.6. The van der Waals surface area contributed by atoms with Crippen molar-refractivity contribution < 1.29 is 23.9 Å². The smallest absolute Gasteiger partial charge is 0.338 e. The fourth-order valence-electron chi connectivity index (χ4n) is 3.85. The minimum Gasteiger partial charge on any atom is -0.484 e. The quantitative estimate of drug-likeness (QED) is 0.168. The number of esters is 1. The van der Waals surface area contributed by atoms with E-state index in [0.29, 0.717) is 33.0 Å². The summed E-state index contributed by atoms with van der Waals surface area (Å²) in [4.78, 5) is 37.1. The van der Waals surface area contributed by atoms with Gasteiger partial charge in [0.05, 0.1) is 30.2 Å². The first-order valence-electron chi connectivity index (χ1n) is 13.1. The van der Waals surface area contributed by atoms with Gasteiger partial charge in [0.1, 0.15) is 5.75 Å². The number of aromatic nitrogens is 3. The lowest BCUT2D eigenvalue weighted by atomic mass is 10.1. The minimum absolute atomic E-state index is 0.0594. The van der Waals surface area contributed by atoms with Gasteiger partial charge in [0.25, 0.3) is 5.91 Å². The van der Waals surface area contributed by atoms with E-state index >= 15 is 0 Å². The lowest BCUT2D eigenvalue weighted by Gasteiger charge is -2.14. The maximum atomic E-state index is 12.7. The van der Waals surface area contributed by atoms with Gasteiger partial charge in [0.2, 0.25) is 5.91 Å². The SMILES string of the molecule is CCOC(=O)c1ccc(NC(=O)CSc2nnc(CNC(=O)COc3ccc(Cl)cc3)n2-c2cc(C)ccc2C)cc1. The second-order valence-electron chi connectivity index (χ2n) is 9.18. The van der Waals surface area contributed by atoms with E-state index in [2.05, 4.69) is 20.8 Å². The lowest BCUT2D eigenvalue weighted by molar-refractivity contribution is -0.123. The molecule has 0 saturated carbocycles. The minimum atomic E-state index is -0.419. The molecule has 0 aliphatic rings. The summed E-state index contributed by atoms with van der Waals surface area (Å²) in [7, 11) is 0. The van der Waals surface area contributed by atoms with Crippen LogP contribution in [0.4, 0.5) is 5.69 Å². The maximum Gasteiger partial charge on any atom is 0.338 e. The van der Waals surface area contributed by atoms with Gasteiger partial charge in [0.15, 0.2) is 17.6 Å². The van der Waals surface area contributed by atoms with Crippen LogP contribution < -0.4 is 15.4 Å². The van der Waals surface area contributed by atoms with Crippen molar-refractivity contribution in [1.82, 2.24) is 20.1 Å². The van der Waals surface area contributed by atoms with Crippen LogP contribution in [0.25, 0.3) is 5.69 Å². The standard InChI is InChI=1S/C30H30ClN5O5S/c1-4-40-29(39)21-7-11-23(12-8-21)33-28(38)18-42-30-35-34-26(36(30)25-15-19(2)5-6-20(25)3)16-32-27(37)17-41-24-13-9-22(31)10-14-24/h5-15H,4,16-18H2,1-3H3,(H,32,37)(H,33,38). The van der Waals surface area contributed by atoms with Crippen LogP contribution in [0, 0.1) is 13.8 Å². The Morgan fingerprint density at radius 3 is 2.40 bits per heavy atom. The van der Waals surface area contributed by atoms with Crippen molar-refractivity contribution in [2.45, 2.75) is 32.5 Å². The third-order valence-electron chi connectivity index (χ3n) is 5.95. The van der Waals surface area contributed by atoms with E-state index in [1.54, 1.807) is 55.5 Å². The summed E-state index contributed by atoms with van der Waals surface area (Å²) < 4.78 is 12.4. The topological polar surface area (TPSA) is 124 Å². The Bertz CT molecular complexity index is 1560. The number of hydrogen-bond donors (Lipinski definition) is 2. The third-order valence-corrected chi connectivity index (χ3v) is 7.13. The number of halogens is 1. The Balaban J connectivity index is 1.42. The van der Waals surface area contributed by atoms with Crippen LogP contribution in [0.3, 0.4) is 0 Å². The molecular weight excluding hydrogens is 578 g/mol. The van der Waals surface area contributed by atoms with E-state index in [1.807, 2.05) is 36.6 Å². The van der Waals surface area contributed by atoms with E-state index < -0.39 is 5.97 Å². The molecule has 218 valence electrons. The molecule has 0 saturated heterocycles. The predicted octanol–water partition coefficient (Wildman–Crippen LogP) is 5.14. The summed E-state index contributed by atoms with van der Waals surface area (Å²) in [6.07, 6.45) is 0. The van der Waals surface area contributed by atoms with Crippen LogP contribution in [-0.2, 0) is 20.9 Å². The van der Waals surface area contributed by atoms with Crippen molar-refractivity contribution in [1.29, 1.82) is 0 Å². The molecule has 0 radical (unpaired) electrons. The highest BCUT2D eigenvalue weighted by Crippen LogP contribution is 2.26. The number of amides is 2. The summed E-state index contributed by atoms with van der Waals surface area (Å²) in [6.45, 7) is 5.90. The molecule has 0 aliphatic heterocycles. The van der Waals surface area contributed by atoms with Crippen LogP contribution in [0.2, 0.25) is 5.02 Å². The summed E-state index contributed by atoms with van der Waals surface area (Å²) in [5.41, 5.74) is 3.82. The van der Waals surface area contributed by atoms with Gasteiger partial charge in [-0.3, -0.25) is 14.2 Å². The van der Waals surface area contributed by atoms with Gasteiger partial charge in [-0.05, 0) is 86.5 Å². The molecule has 0 aliphatic carbocycles. The summed E-state index contributed by atoms with van der Waals surface area (Å²) >= 11 is 7.11. The molecule has 3 aromatic carbocycles. The molecular formula is C30H30ClN5O5S. The van der Waals surface area contributed by atoms with Gasteiger partial charge >= 0.3 is 5.97 Å². The van der Waals surface area contributed by atoms with Crippen LogP contribution in [0.1, 0.15) is 34.2 Å². The number of thioether (sulfide) groups is 1. The molecule has 12 heteroatoms. The normalized spacial score (nSPS) is 10.7. The third kappa shape index (κ3) is 8.34. The van der Waals surface area contributed by atoms with Crippen molar-refractivity contribution in [3.8, 4) is 11.4 Å². The van der Waals surface area contributed by atoms with Gasteiger partial charge in [-0.25, -0.2) is 4.79 Å². The molecule has 1 aromatic heterocycles. The lowest BCUT2D eigenvalue weighted by Crippen LogP contribution is -2.29. The van der Waals surface area contributed by atoms with E-state index in [4.69, 9.17) is 21.1 Å². The highest BCUT2D eigenvalue weighted by molar-refractivity contribution is 7.99. The van der Waals surface area contributed by atoms with Crippen LogP contribution >= 0.6 is 23.4 Å². The average molecular weight is 608 g/mol. The van der Waals surface area contributed by atoms with Gasteiger partial charge < -0.3 is 20.1 Å². The molecule has 2 N–H and O–H groups in total. The van der Waals surface area contributed by atoms with Crippen molar-refractivity contribution in [2.24, 2.45) is 0 Å². The largest absolute Gasteiger partial charge is 0.484 e. The molecule has 0 unspecified atom stereocenters. The van der Waals surface area contributed by atoms with Crippen LogP contribution in [-0.4, -0.2) is 51.5 Å². The van der Waals surface area contributed by atoms with E-state index in [-0.39, 0.29) is 37.3 Å². The molecule has 4 rings (SSSR count). The number of nitrogens with one attached hydrogen (secondary N) is 2. The van der Waals surface area contributed by atoms with E-state index in [0.717, 1.165) is 16.8 Å². The number of nitrogens with zero attached hydrogens (tertiary/aromatic N) is 3. The van der Waals surface area contributed by atoms with Crippen molar-refractivity contribution in [3.63, 3.8) is 0 Å². The van der Waals surface area contributed by atoms with Crippen molar-refractivity contribution >= 4 is 46.8 Å². The zero-order valence-corrected chi connectivity index (χ0v) is 24.9. The molecule has 1 heterocycles. The number of carbonyl (C=O) groups excluding carboxylic acids is 3. The molecule has 4 aromatic rings. The molecule has 0 atom stereocenters. The second-order valence-corrected chi connectivity index (χ2v) is 10.6. The number of hydrogen-bond acceptors (Lipinski definition) is 8. The van der Waals surface area contributed by atoms with Crippen molar-refractivity contribution in [2.75, 3.05) is 24.3 Å². The first-order valence-corrected chi connectivity index (χ1v) is 14.5. The molecule has 42 heavy (non-hydrogen) atoms. The van der Waals surface area contributed by atoms with Gasteiger partial charge in [-0.1, -0.05) is 35.5 Å². The number of benzene rings is 3. The van der Waals surface area contributed by atoms with Gasteiger partial charge in [-0.2, -0.15) is 0 Å². The average Bonchev–Trinajstić information content (AvgIpc) is 3.39. The zero-order chi connectivity index (χ0) is 30.1. The number of anilines is 1. The van der Waals surface area contributed by atoms with Gasteiger partial charge in [-0.15, -0.1) is 10.2 Å². The molecule has 0 spiro atoms. The second kappa shape index (κ2) is 14.5. The van der Waals surface area contributed by atoms with Crippen LogP contribution in [0.5, 0.6) is 5.75 Å². The molecule has 10 nitrogen and oxygen atoms in total. The summed E-state index contributed by atoms with van der Waals surface area (Å²) in [6, 6.07) is 19.2. The number of rotatable bonds is 12. The van der Waals surface area contributed by atoms with Crippen molar-refractivity contribution in [3.05, 3.63) is 94.3 Å². The Morgan fingerprint density at radius 1 is 0.952 bits per heavy atom. The Labute approximate surface area is 252 Å². The maximum absolute atomic E-state index is 12.7. The highest BCUT2D eigenvalue weighted by atomic mass is 35.5. The number of ether oxygens (including phenoxy) is 2. The number of aryl methyl sites for hydroxylation is 2. The van der Waals surface area contributed by atoms with E-state index in [9.17, 15) is 14.4 Å². The monoisotopic (exact) mass is 607 g/mol. The molecule has 0 bridgehead atoms. The van der Waals surface area contributed by atoms with Gasteiger partial charge in [0, 0.05) is 10.7 Å². The number of carbonyl (C=O) groups is 3. The Hall–Kier alpha value is -4.35. The summed E-state index contributed by atoms with van der Waals surface area (Å²) in [5, 5.41) is 15.3. The fraction of sp³-hybridized carbons (Fsp3) is 0.233. The zero-order valence-electron chi connectivity index (χ0n) is 23.3. The Kier molecular flexibility index (Phi) is 10.6. The van der Waals surface area contributed by atoms with E-state index in [1.165, 1.54) is 11.8 Å². The Morgan fingerprint density at radius 2 is 1.69 bits per heavy atom. The predicted molar refractivity (Wildman–Crippen MR) is 161 cm³/mol. The fourth-order valence-corrected chi connectivity index (χ4v) is 4.74. The first-order chi connectivity index (χ1) is 20.2. The molecule has 0 fully saturated rings. The molecule has 2 amide bonds. The van der Waals surface area contributed by atoms with Crippen LogP contribution in [0.15, 0.2) is 71.9 Å². The highest BCUT2D eigenvalue weighted by Gasteiger charge is 2.18. The summed E-state index contributed by atoms with van der Waals surface area (Å²) in [5.74, 6) is 0.0830.